The summed E-state index contributed by atoms with van der Waals surface area (Å²) < 4.78 is 42.7. The Morgan fingerprint density at radius 2 is 1.77 bits per heavy atom. The van der Waals surface area contributed by atoms with Crippen molar-refractivity contribution in [3.8, 4) is 22.8 Å². The molecule has 3 aromatic carbocycles. The van der Waals surface area contributed by atoms with Crippen molar-refractivity contribution in [1.82, 2.24) is 20.1 Å². The molecule has 0 spiro atoms. The molecular weight excluding hydrogens is 589 g/mol. The summed E-state index contributed by atoms with van der Waals surface area (Å²) in [5.74, 6) is 1.38. The number of alkyl halides is 3. The van der Waals surface area contributed by atoms with E-state index in [0.29, 0.717) is 22.6 Å². The summed E-state index contributed by atoms with van der Waals surface area (Å²) in [7, 11) is 0. The van der Waals surface area contributed by atoms with E-state index in [0.717, 1.165) is 41.1 Å². The molecule has 44 heavy (non-hydrogen) atoms. The summed E-state index contributed by atoms with van der Waals surface area (Å²) in [6.45, 7) is 9.11. The lowest BCUT2D eigenvalue weighted by molar-refractivity contribution is -0.274. The topological polar surface area (TPSA) is 84.6 Å². The average molecular weight is 623 g/mol. The van der Waals surface area contributed by atoms with Crippen LogP contribution in [0.5, 0.6) is 5.75 Å². The largest absolute Gasteiger partial charge is 0.573 e. The molecule has 1 N–H and O–H groups in total. The zero-order valence-electron chi connectivity index (χ0n) is 24.8. The zero-order chi connectivity index (χ0) is 31.4. The Morgan fingerprint density at radius 3 is 2.45 bits per heavy atom. The van der Waals surface area contributed by atoms with Crippen LogP contribution in [-0.2, 0) is 0 Å². The monoisotopic (exact) mass is 622 g/mol. The fourth-order valence-electron chi connectivity index (χ4n) is 4.88. The third-order valence-corrected chi connectivity index (χ3v) is 8.18. The van der Waals surface area contributed by atoms with Gasteiger partial charge in [-0.15, -0.1) is 18.3 Å². The summed E-state index contributed by atoms with van der Waals surface area (Å²) in [6.07, 6.45) is -2.26. The first kappa shape index (κ1) is 31.1. The Kier molecular flexibility index (Phi) is 9.28. The van der Waals surface area contributed by atoms with Crippen LogP contribution in [0.25, 0.3) is 17.1 Å². The number of hydrogen-bond acceptors (Lipinski definition) is 5. The number of carbonyl (C=O) groups is 1. The lowest BCUT2D eigenvalue weighted by Crippen LogP contribution is -2.36. The van der Waals surface area contributed by atoms with E-state index in [2.05, 4.69) is 69.0 Å². The maximum Gasteiger partial charge on any atom is 0.573 e. The second kappa shape index (κ2) is 13.1. The van der Waals surface area contributed by atoms with Gasteiger partial charge in [-0.05, 0) is 73.2 Å². The van der Waals surface area contributed by atoms with Crippen molar-refractivity contribution in [2.75, 3.05) is 17.2 Å². The van der Waals surface area contributed by atoms with Gasteiger partial charge in [0.05, 0.1) is 11.7 Å². The molecule has 2 amide bonds. The molecule has 8 nitrogen and oxygen atoms in total. The molecule has 1 aliphatic heterocycles. The molecular formula is C32H33F3N6O2S. The number of nitrogens with zero attached hydrogens (tertiary/aromatic N) is 5. The van der Waals surface area contributed by atoms with Crippen LogP contribution in [0.2, 0.25) is 0 Å². The summed E-state index contributed by atoms with van der Waals surface area (Å²) in [5, 5.41) is 8.13. The number of amides is 2. The highest BCUT2D eigenvalue weighted by atomic mass is 32.2. The molecule has 12 heteroatoms. The molecule has 0 bridgehead atoms. The van der Waals surface area contributed by atoms with E-state index >= 15 is 0 Å². The summed E-state index contributed by atoms with van der Waals surface area (Å²) in [5.41, 5.74) is 5.66. The van der Waals surface area contributed by atoms with E-state index in [4.69, 9.17) is 0 Å². The highest BCUT2D eigenvalue weighted by Crippen LogP contribution is 2.33. The van der Waals surface area contributed by atoms with Gasteiger partial charge < -0.3 is 15.0 Å². The van der Waals surface area contributed by atoms with Crippen molar-refractivity contribution < 1.29 is 22.7 Å². The van der Waals surface area contributed by atoms with Gasteiger partial charge in [-0.25, -0.2) is 14.5 Å². The van der Waals surface area contributed by atoms with E-state index in [1.54, 1.807) is 11.8 Å². The normalized spacial score (nSPS) is 15.5. The molecule has 0 radical (unpaired) electrons. The number of aryl methyl sites for hydroxylation is 1. The number of aliphatic imine (C=N–C) groups is 1. The fourth-order valence-corrected chi connectivity index (χ4v) is 5.83. The molecule has 1 saturated heterocycles. The highest BCUT2D eigenvalue weighted by molar-refractivity contribution is 8.14. The van der Waals surface area contributed by atoms with Gasteiger partial charge in [0.2, 0.25) is 0 Å². The quantitative estimate of drug-likeness (QED) is 0.225. The van der Waals surface area contributed by atoms with Crippen molar-refractivity contribution in [2.45, 2.75) is 52.4 Å². The molecule has 2 heterocycles. The minimum absolute atomic E-state index is 0.295. The fraction of sp³-hybridized carbons (Fsp3) is 0.312. The Labute approximate surface area is 258 Å². The van der Waals surface area contributed by atoms with Gasteiger partial charge in [0.25, 0.3) is 0 Å². The van der Waals surface area contributed by atoms with Gasteiger partial charge >= 0.3 is 12.4 Å². The van der Waals surface area contributed by atoms with E-state index in [-0.39, 0.29) is 11.8 Å². The van der Waals surface area contributed by atoms with Crippen molar-refractivity contribution in [2.24, 2.45) is 4.99 Å². The van der Waals surface area contributed by atoms with Gasteiger partial charge in [-0.1, -0.05) is 62.0 Å². The van der Waals surface area contributed by atoms with Gasteiger partial charge in [0.1, 0.15) is 12.1 Å². The molecule has 1 atom stereocenters. The molecule has 1 unspecified atom stereocenters. The molecule has 0 saturated carbocycles. The zero-order valence-corrected chi connectivity index (χ0v) is 25.6. The smallest absolute Gasteiger partial charge is 0.406 e. The van der Waals surface area contributed by atoms with Gasteiger partial charge in [-0.2, -0.15) is 4.99 Å². The Hall–Kier alpha value is -4.32. The van der Waals surface area contributed by atoms with E-state index in [9.17, 15) is 18.0 Å². The van der Waals surface area contributed by atoms with E-state index < -0.39 is 12.4 Å². The highest BCUT2D eigenvalue weighted by Gasteiger charge is 2.31. The number of rotatable bonds is 7. The number of benzene rings is 3. The Balaban J connectivity index is 1.25. The summed E-state index contributed by atoms with van der Waals surface area (Å²) in [6, 6.07) is 18.6. The number of nitrogens with one attached hydrogen (secondary N) is 1. The van der Waals surface area contributed by atoms with Crippen LogP contribution < -0.4 is 15.0 Å². The van der Waals surface area contributed by atoms with Crippen molar-refractivity contribution in [1.29, 1.82) is 0 Å². The molecule has 1 aromatic heterocycles. The van der Waals surface area contributed by atoms with Crippen LogP contribution in [0.15, 0.2) is 78.0 Å². The van der Waals surface area contributed by atoms with Crippen molar-refractivity contribution in [3.05, 3.63) is 89.7 Å². The number of thioether (sulfide) groups is 1. The molecule has 1 fully saturated rings. The summed E-state index contributed by atoms with van der Waals surface area (Å²) >= 11 is 1.59. The number of hydrogen-bond donors (Lipinski definition) is 1. The molecule has 0 aliphatic carbocycles. The van der Waals surface area contributed by atoms with Crippen LogP contribution in [0.3, 0.4) is 0 Å². The molecule has 1 aliphatic rings. The Bertz CT molecular complexity index is 1640. The first-order valence-corrected chi connectivity index (χ1v) is 15.2. The lowest BCUT2D eigenvalue weighted by atomic mass is 9.98. The minimum Gasteiger partial charge on any atom is -0.406 e. The van der Waals surface area contributed by atoms with Crippen LogP contribution in [-0.4, -0.2) is 44.6 Å². The predicted molar refractivity (Wildman–Crippen MR) is 168 cm³/mol. The third-order valence-electron chi connectivity index (χ3n) is 7.12. The molecule has 4 aromatic rings. The van der Waals surface area contributed by atoms with Crippen LogP contribution >= 0.6 is 11.8 Å². The van der Waals surface area contributed by atoms with Gasteiger partial charge in [0.15, 0.2) is 11.0 Å². The molecule has 5 rings (SSSR count). The average Bonchev–Trinajstić information content (AvgIpc) is 3.47. The first-order valence-electron chi connectivity index (χ1n) is 14.2. The number of anilines is 1. The van der Waals surface area contributed by atoms with Gasteiger partial charge in [-0.3, -0.25) is 0 Å². The van der Waals surface area contributed by atoms with Crippen LogP contribution in [0.1, 0.15) is 55.8 Å². The van der Waals surface area contributed by atoms with E-state index in [1.807, 2.05) is 31.2 Å². The molecule has 230 valence electrons. The maximum atomic E-state index is 13.0. The third kappa shape index (κ3) is 7.60. The van der Waals surface area contributed by atoms with Gasteiger partial charge in [0, 0.05) is 23.5 Å². The first-order chi connectivity index (χ1) is 21.0. The standard InChI is InChI=1S/C32H33F3N6O2S/c1-20(2)27-15-6-21(3)18-28(27)40-16-5-17-44-31(40)38-30(42)37-22(4)23-7-9-24(10-8-23)29-36-19-41(39-29)25-11-13-26(14-12-25)43-32(33,34)35/h6-15,18-20,22H,5,16-17H2,1-4H3,(H,37,42)/b38-31-. The number of urea groups is 1. The minimum atomic E-state index is -4.75. The lowest BCUT2D eigenvalue weighted by Gasteiger charge is -2.32. The summed E-state index contributed by atoms with van der Waals surface area (Å²) in [4.78, 5) is 24.0. The second-order valence-electron chi connectivity index (χ2n) is 10.8. The number of amidine groups is 1. The maximum absolute atomic E-state index is 13.0. The Morgan fingerprint density at radius 1 is 1.05 bits per heavy atom. The number of ether oxygens (including phenoxy) is 1. The number of aromatic nitrogens is 3. The SMILES string of the molecule is Cc1ccc(C(C)C)c(N2CCCS/C2=N\C(=O)NC(C)c2ccc(-c3ncn(-c4ccc(OC(F)(F)F)cc4)n3)cc2)c1. The van der Waals surface area contributed by atoms with E-state index in [1.165, 1.54) is 40.8 Å². The van der Waals surface area contributed by atoms with Crippen molar-refractivity contribution >= 4 is 28.6 Å². The number of halogens is 3. The second-order valence-corrected chi connectivity index (χ2v) is 11.9. The number of carbonyl (C=O) groups excluding carboxylic acids is 1. The van der Waals surface area contributed by atoms with Crippen LogP contribution in [0.4, 0.5) is 23.7 Å². The van der Waals surface area contributed by atoms with Crippen molar-refractivity contribution in [3.63, 3.8) is 0 Å². The predicted octanol–water partition coefficient (Wildman–Crippen LogP) is 8.03. The van der Waals surface area contributed by atoms with Crippen LogP contribution in [0, 0.1) is 6.92 Å².